The van der Waals surface area contributed by atoms with Crippen molar-refractivity contribution in [2.75, 3.05) is 0 Å². The highest BCUT2D eigenvalue weighted by molar-refractivity contribution is 5.96. The van der Waals surface area contributed by atoms with Gasteiger partial charge in [-0.15, -0.1) is 0 Å². The van der Waals surface area contributed by atoms with Crippen molar-refractivity contribution in [3.8, 4) is 11.1 Å². The Morgan fingerprint density at radius 3 is 2.45 bits per heavy atom. The third-order valence-corrected chi connectivity index (χ3v) is 4.35. The van der Waals surface area contributed by atoms with E-state index in [1.807, 2.05) is 0 Å². The molecule has 0 saturated carbocycles. The Kier molecular flexibility index (Phi) is 4.90. The third-order valence-electron chi connectivity index (χ3n) is 4.35. The van der Waals surface area contributed by atoms with Gasteiger partial charge in [0.25, 0.3) is 0 Å². The van der Waals surface area contributed by atoms with Crippen molar-refractivity contribution in [1.29, 1.82) is 0 Å². The average molecular weight is 288 g/mol. The van der Waals surface area contributed by atoms with Gasteiger partial charge in [-0.1, -0.05) is 92.9 Å². The maximum atomic E-state index is 2.37. The molecule has 3 rings (SSSR count). The Morgan fingerprint density at radius 2 is 1.55 bits per heavy atom. The largest absolute Gasteiger partial charge is 0.0654 e. The minimum atomic E-state index is 1.19. The maximum absolute atomic E-state index is 2.37. The molecule has 0 heteroatoms. The number of unbranched alkanes of at least 4 members (excludes halogenated alkanes) is 3. The predicted molar refractivity (Wildman–Crippen MR) is 97.2 cm³/mol. The van der Waals surface area contributed by atoms with Crippen LogP contribution in [0.25, 0.3) is 21.9 Å². The lowest BCUT2D eigenvalue weighted by molar-refractivity contribution is 0.667. The van der Waals surface area contributed by atoms with Crippen LogP contribution in [0.2, 0.25) is 0 Å². The molecule has 0 fully saturated rings. The first-order chi connectivity index (χ1) is 10.9. The van der Waals surface area contributed by atoms with Gasteiger partial charge in [-0.05, 0) is 40.3 Å². The highest BCUT2D eigenvalue weighted by atomic mass is 14.1. The molecule has 0 heterocycles. The van der Waals surface area contributed by atoms with Crippen molar-refractivity contribution in [2.24, 2.45) is 0 Å². The first-order valence-electron chi connectivity index (χ1n) is 8.45. The van der Waals surface area contributed by atoms with Gasteiger partial charge >= 0.3 is 0 Å². The van der Waals surface area contributed by atoms with Gasteiger partial charge in [0.05, 0.1) is 0 Å². The molecule has 0 atom stereocenters. The van der Waals surface area contributed by atoms with Crippen LogP contribution in [0.4, 0.5) is 0 Å². The summed E-state index contributed by atoms with van der Waals surface area (Å²) >= 11 is 0. The van der Waals surface area contributed by atoms with Gasteiger partial charge in [-0.3, -0.25) is 0 Å². The molecule has 0 spiro atoms. The zero-order valence-electron chi connectivity index (χ0n) is 13.4. The van der Waals surface area contributed by atoms with E-state index in [9.17, 15) is 0 Å². The average Bonchev–Trinajstić information content (AvgIpc) is 2.58. The van der Waals surface area contributed by atoms with E-state index >= 15 is 0 Å². The summed E-state index contributed by atoms with van der Waals surface area (Å²) in [4.78, 5) is 0. The molecule has 0 nitrogen and oxygen atoms in total. The van der Waals surface area contributed by atoms with Crippen molar-refractivity contribution < 1.29 is 0 Å². The Labute approximate surface area is 133 Å². The Balaban J connectivity index is 1.87. The van der Waals surface area contributed by atoms with E-state index in [0.717, 1.165) is 0 Å². The summed E-state index contributed by atoms with van der Waals surface area (Å²) in [6, 6.07) is 24.3. The normalized spacial score (nSPS) is 11.0. The highest BCUT2D eigenvalue weighted by Crippen LogP contribution is 2.29. The molecule has 0 aliphatic carbocycles. The Morgan fingerprint density at radius 1 is 0.727 bits per heavy atom. The number of benzene rings is 3. The Bertz CT molecular complexity index is 734. The van der Waals surface area contributed by atoms with Crippen molar-refractivity contribution in [2.45, 2.75) is 39.0 Å². The number of hydrogen-bond donors (Lipinski definition) is 0. The monoisotopic (exact) mass is 288 g/mol. The van der Waals surface area contributed by atoms with Crippen molar-refractivity contribution >= 4 is 10.8 Å². The molecule has 0 amide bonds. The van der Waals surface area contributed by atoms with E-state index in [2.05, 4.69) is 73.7 Å². The minimum absolute atomic E-state index is 1.19. The standard InChI is InChI=1S/C22H24/c1-2-3-4-5-10-18-11-8-14-20(17-18)22-16-9-13-19-12-6-7-15-21(19)22/h6-9,11-17H,2-5,10H2,1H3. The van der Waals surface area contributed by atoms with Crippen LogP contribution in [0.1, 0.15) is 38.2 Å². The lowest BCUT2D eigenvalue weighted by Crippen LogP contribution is -1.88. The molecule has 112 valence electrons. The molecule has 0 saturated heterocycles. The first-order valence-corrected chi connectivity index (χ1v) is 8.45. The van der Waals surface area contributed by atoms with Crippen LogP contribution in [0.15, 0.2) is 66.7 Å². The number of hydrogen-bond acceptors (Lipinski definition) is 0. The second-order valence-electron chi connectivity index (χ2n) is 6.04. The topological polar surface area (TPSA) is 0 Å². The van der Waals surface area contributed by atoms with E-state index in [1.165, 1.54) is 59.6 Å². The summed E-state index contributed by atoms with van der Waals surface area (Å²) in [5, 5.41) is 2.65. The predicted octanol–water partition coefficient (Wildman–Crippen LogP) is 6.63. The smallest absolute Gasteiger partial charge is 0.0105 e. The molecular formula is C22H24. The molecule has 0 radical (unpaired) electrons. The maximum Gasteiger partial charge on any atom is -0.0105 e. The number of fused-ring (bicyclic) bond motifs is 1. The zero-order valence-corrected chi connectivity index (χ0v) is 13.4. The summed E-state index contributed by atoms with van der Waals surface area (Å²) in [6.07, 6.45) is 6.49. The minimum Gasteiger partial charge on any atom is -0.0654 e. The van der Waals surface area contributed by atoms with Crippen molar-refractivity contribution in [1.82, 2.24) is 0 Å². The summed E-state index contributed by atoms with van der Waals surface area (Å²) in [5.41, 5.74) is 4.14. The van der Waals surface area contributed by atoms with Gasteiger partial charge in [0.1, 0.15) is 0 Å². The van der Waals surface area contributed by atoms with Crippen LogP contribution in [0.3, 0.4) is 0 Å². The molecule has 0 aliphatic heterocycles. The molecule has 22 heavy (non-hydrogen) atoms. The quantitative estimate of drug-likeness (QED) is 0.446. The van der Waals surface area contributed by atoms with Gasteiger partial charge in [0, 0.05) is 0 Å². The molecule has 3 aromatic rings. The van der Waals surface area contributed by atoms with Crippen LogP contribution in [0.5, 0.6) is 0 Å². The van der Waals surface area contributed by atoms with Crippen molar-refractivity contribution in [3.05, 3.63) is 72.3 Å². The van der Waals surface area contributed by atoms with Gasteiger partial charge in [0.15, 0.2) is 0 Å². The SMILES string of the molecule is CCCCCCc1cccc(-c2cccc3ccccc23)c1. The molecule has 0 aromatic heterocycles. The summed E-state index contributed by atoms with van der Waals surface area (Å²) in [6.45, 7) is 2.27. The number of rotatable bonds is 6. The third kappa shape index (κ3) is 3.39. The summed E-state index contributed by atoms with van der Waals surface area (Å²) < 4.78 is 0. The summed E-state index contributed by atoms with van der Waals surface area (Å²) in [5.74, 6) is 0. The van der Waals surface area contributed by atoms with Gasteiger partial charge < -0.3 is 0 Å². The van der Waals surface area contributed by atoms with Gasteiger partial charge in [0.2, 0.25) is 0 Å². The fraction of sp³-hybridized carbons (Fsp3) is 0.273. The lowest BCUT2D eigenvalue weighted by atomic mass is 9.96. The highest BCUT2D eigenvalue weighted by Gasteiger charge is 2.04. The summed E-state index contributed by atoms with van der Waals surface area (Å²) in [7, 11) is 0. The fourth-order valence-electron chi connectivity index (χ4n) is 3.13. The molecule has 3 aromatic carbocycles. The van der Waals surface area contributed by atoms with Gasteiger partial charge in [-0.25, -0.2) is 0 Å². The van der Waals surface area contributed by atoms with Crippen molar-refractivity contribution in [3.63, 3.8) is 0 Å². The molecule has 0 unspecified atom stereocenters. The number of aryl methyl sites for hydroxylation is 1. The molecule has 0 aliphatic rings. The second kappa shape index (κ2) is 7.26. The Hall–Kier alpha value is -2.08. The lowest BCUT2D eigenvalue weighted by Gasteiger charge is -2.09. The fourth-order valence-corrected chi connectivity index (χ4v) is 3.13. The molecule has 0 N–H and O–H groups in total. The molecule has 0 bridgehead atoms. The van der Waals surface area contributed by atoms with E-state index < -0.39 is 0 Å². The van der Waals surface area contributed by atoms with Crippen LogP contribution in [0, 0.1) is 0 Å². The second-order valence-corrected chi connectivity index (χ2v) is 6.04. The van der Waals surface area contributed by atoms with Gasteiger partial charge in [-0.2, -0.15) is 0 Å². The van der Waals surface area contributed by atoms with E-state index in [0.29, 0.717) is 0 Å². The first kappa shape index (κ1) is 14.8. The van der Waals surface area contributed by atoms with E-state index in [1.54, 1.807) is 0 Å². The van der Waals surface area contributed by atoms with Crippen LogP contribution >= 0.6 is 0 Å². The van der Waals surface area contributed by atoms with Crippen LogP contribution < -0.4 is 0 Å². The van der Waals surface area contributed by atoms with E-state index in [-0.39, 0.29) is 0 Å². The van der Waals surface area contributed by atoms with Crippen LogP contribution in [-0.4, -0.2) is 0 Å². The van der Waals surface area contributed by atoms with Crippen LogP contribution in [-0.2, 0) is 6.42 Å². The molecular weight excluding hydrogens is 264 g/mol. The zero-order chi connectivity index (χ0) is 15.2. The van der Waals surface area contributed by atoms with E-state index in [4.69, 9.17) is 0 Å².